The maximum Gasteiger partial charge on any atom is 0.251 e. The summed E-state index contributed by atoms with van der Waals surface area (Å²) in [5, 5.41) is 0. The van der Waals surface area contributed by atoms with Crippen molar-refractivity contribution in [2.75, 3.05) is 13.6 Å². The van der Waals surface area contributed by atoms with Gasteiger partial charge in [-0.2, -0.15) is 0 Å². The van der Waals surface area contributed by atoms with E-state index in [0.29, 0.717) is 0 Å². The summed E-state index contributed by atoms with van der Waals surface area (Å²) < 4.78 is 25.0. The van der Waals surface area contributed by atoms with E-state index in [4.69, 9.17) is 5.73 Å². The Morgan fingerprint density at radius 1 is 1.22 bits per heavy atom. The molecule has 0 saturated carbocycles. The molecule has 4 heteroatoms. The molecule has 0 saturated heterocycles. The number of rotatable bonds is 6. The molecule has 0 amide bonds. The Balaban J connectivity index is 2.94. The van der Waals surface area contributed by atoms with Gasteiger partial charge in [-0.15, -0.1) is 0 Å². The Kier molecular flexibility index (Phi) is 5.69. The fraction of sp³-hybridized carbons (Fsp3) is 0.571. The monoisotopic (exact) mass is 256 g/mol. The molecule has 1 aromatic carbocycles. The second kappa shape index (κ2) is 6.81. The zero-order chi connectivity index (χ0) is 13.7. The van der Waals surface area contributed by atoms with Gasteiger partial charge in [-0.05, 0) is 26.0 Å². The topological polar surface area (TPSA) is 29.3 Å². The number of hydrogen-bond donors (Lipinski definition) is 1. The third-order valence-corrected chi connectivity index (χ3v) is 3.20. The first-order chi connectivity index (χ1) is 8.45. The van der Waals surface area contributed by atoms with Gasteiger partial charge < -0.3 is 5.73 Å². The van der Waals surface area contributed by atoms with Crippen LogP contribution in [0.15, 0.2) is 24.3 Å². The molecule has 2 unspecified atom stereocenters. The molecule has 2 atom stereocenters. The maximum absolute atomic E-state index is 12.5. The van der Waals surface area contributed by atoms with Crippen LogP contribution in [-0.2, 0) is 0 Å². The van der Waals surface area contributed by atoms with Gasteiger partial charge in [0.2, 0.25) is 0 Å². The Hall–Kier alpha value is -1.00. The summed E-state index contributed by atoms with van der Waals surface area (Å²) in [4.78, 5) is 1.64. The lowest BCUT2D eigenvalue weighted by atomic mass is 9.96. The van der Waals surface area contributed by atoms with Crippen LogP contribution in [-0.4, -0.2) is 31.0 Å². The molecular weight excluding hydrogens is 234 g/mol. The highest BCUT2D eigenvalue weighted by Gasteiger charge is 2.24. The van der Waals surface area contributed by atoms with Gasteiger partial charge in [-0.25, -0.2) is 8.78 Å². The third kappa shape index (κ3) is 4.03. The van der Waals surface area contributed by atoms with Crippen molar-refractivity contribution in [3.05, 3.63) is 35.4 Å². The summed E-state index contributed by atoms with van der Waals surface area (Å²) in [6.45, 7) is 3.72. The van der Waals surface area contributed by atoms with Crippen LogP contribution in [0.4, 0.5) is 8.78 Å². The lowest BCUT2D eigenvalue weighted by molar-refractivity contribution is 0.0735. The molecule has 18 heavy (non-hydrogen) atoms. The van der Waals surface area contributed by atoms with E-state index in [2.05, 4.69) is 0 Å². The smallest absolute Gasteiger partial charge is 0.251 e. The standard InChI is InChI=1S/C14H22F2N2/c1-4-12(17)14(18(3)9-13(15)16)11-7-5-10(2)6-8-11/h5-8,12-14H,4,9,17H2,1-3H3. The minimum atomic E-state index is -2.34. The molecule has 0 spiro atoms. The molecule has 1 aromatic rings. The fourth-order valence-electron chi connectivity index (χ4n) is 2.15. The first-order valence-corrected chi connectivity index (χ1v) is 6.26. The van der Waals surface area contributed by atoms with Crippen LogP contribution in [0.1, 0.15) is 30.5 Å². The van der Waals surface area contributed by atoms with Crippen molar-refractivity contribution in [1.29, 1.82) is 0 Å². The summed E-state index contributed by atoms with van der Waals surface area (Å²) in [6.07, 6.45) is -1.58. The zero-order valence-electron chi connectivity index (χ0n) is 11.2. The van der Waals surface area contributed by atoms with Crippen LogP contribution in [0, 0.1) is 6.92 Å². The van der Waals surface area contributed by atoms with Crippen LogP contribution < -0.4 is 5.73 Å². The fourth-order valence-corrected chi connectivity index (χ4v) is 2.15. The Morgan fingerprint density at radius 3 is 2.22 bits per heavy atom. The van der Waals surface area contributed by atoms with E-state index in [1.54, 1.807) is 11.9 Å². The van der Waals surface area contributed by atoms with Gasteiger partial charge in [-0.3, -0.25) is 4.90 Å². The quantitative estimate of drug-likeness (QED) is 0.848. The Labute approximate surface area is 108 Å². The van der Waals surface area contributed by atoms with Gasteiger partial charge in [0, 0.05) is 12.1 Å². The second-order valence-electron chi connectivity index (χ2n) is 4.76. The first kappa shape index (κ1) is 15.1. The van der Waals surface area contributed by atoms with Crippen LogP contribution in [0.5, 0.6) is 0 Å². The lowest BCUT2D eigenvalue weighted by Crippen LogP contribution is -2.40. The molecule has 102 valence electrons. The van der Waals surface area contributed by atoms with Crippen LogP contribution in [0.25, 0.3) is 0 Å². The molecule has 2 N–H and O–H groups in total. The largest absolute Gasteiger partial charge is 0.326 e. The molecule has 0 aromatic heterocycles. The number of nitrogens with zero attached hydrogens (tertiary/aromatic N) is 1. The second-order valence-corrected chi connectivity index (χ2v) is 4.76. The highest BCUT2D eigenvalue weighted by atomic mass is 19.3. The van der Waals surface area contributed by atoms with Crippen molar-refractivity contribution in [2.24, 2.45) is 5.73 Å². The number of alkyl halides is 2. The summed E-state index contributed by atoms with van der Waals surface area (Å²) in [5.41, 5.74) is 8.23. The predicted molar refractivity (Wildman–Crippen MR) is 70.8 cm³/mol. The van der Waals surface area contributed by atoms with Gasteiger partial charge in [-0.1, -0.05) is 36.8 Å². The summed E-state index contributed by atoms with van der Waals surface area (Å²) in [5.74, 6) is 0. The van der Waals surface area contributed by atoms with E-state index >= 15 is 0 Å². The molecular formula is C14H22F2N2. The van der Waals surface area contributed by atoms with Crippen molar-refractivity contribution < 1.29 is 8.78 Å². The molecule has 0 radical (unpaired) electrons. The number of halogens is 2. The zero-order valence-corrected chi connectivity index (χ0v) is 11.2. The summed E-state index contributed by atoms with van der Waals surface area (Å²) >= 11 is 0. The van der Waals surface area contributed by atoms with Crippen LogP contribution in [0.3, 0.4) is 0 Å². The maximum atomic E-state index is 12.5. The summed E-state index contributed by atoms with van der Waals surface area (Å²) in [6, 6.07) is 7.61. The van der Waals surface area contributed by atoms with Gasteiger partial charge in [0.15, 0.2) is 0 Å². The molecule has 0 aliphatic heterocycles. The number of aryl methyl sites for hydroxylation is 1. The van der Waals surface area contributed by atoms with Gasteiger partial charge >= 0.3 is 0 Å². The van der Waals surface area contributed by atoms with Crippen LogP contribution in [0.2, 0.25) is 0 Å². The van der Waals surface area contributed by atoms with E-state index < -0.39 is 6.43 Å². The predicted octanol–water partition coefficient (Wildman–Crippen LogP) is 2.97. The number of benzene rings is 1. The number of hydrogen-bond acceptors (Lipinski definition) is 2. The van der Waals surface area contributed by atoms with Crippen molar-refractivity contribution in [3.63, 3.8) is 0 Å². The highest BCUT2D eigenvalue weighted by molar-refractivity contribution is 5.25. The first-order valence-electron chi connectivity index (χ1n) is 6.26. The van der Waals surface area contributed by atoms with Gasteiger partial charge in [0.05, 0.1) is 6.54 Å². The Bertz CT molecular complexity index is 351. The van der Waals surface area contributed by atoms with Crippen molar-refractivity contribution in [2.45, 2.75) is 38.8 Å². The molecule has 0 aliphatic rings. The SMILES string of the molecule is CCC(N)C(c1ccc(C)cc1)N(C)CC(F)F. The van der Waals surface area contributed by atoms with Gasteiger partial charge in [0.1, 0.15) is 0 Å². The average molecular weight is 256 g/mol. The normalized spacial score (nSPS) is 15.1. The molecule has 0 bridgehead atoms. The number of likely N-dealkylation sites (N-methyl/N-ethyl adjacent to an activating group) is 1. The molecule has 1 rings (SSSR count). The van der Waals surface area contributed by atoms with Gasteiger partial charge in [0.25, 0.3) is 6.43 Å². The van der Waals surface area contributed by atoms with Crippen molar-refractivity contribution in [1.82, 2.24) is 4.90 Å². The Morgan fingerprint density at radius 2 is 1.78 bits per heavy atom. The van der Waals surface area contributed by atoms with Crippen LogP contribution >= 0.6 is 0 Å². The van der Waals surface area contributed by atoms with Crippen molar-refractivity contribution >= 4 is 0 Å². The summed E-state index contributed by atoms with van der Waals surface area (Å²) in [7, 11) is 1.70. The lowest BCUT2D eigenvalue weighted by Gasteiger charge is -2.32. The van der Waals surface area contributed by atoms with E-state index in [0.717, 1.165) is 17.5 Å². The molecule has 2 nitrogen and oxygen atoms in total. The van der Waals surface area contributed by atoms with E-state index in [-0.39, 0.29) is 18.6 Å². The van der Waals surface area contributed by atoms with E-state index in [1.807, 2.05) is 38.1 Å². The van der Waals surface area contributed by atoms with E-state index in [1.165, 1.54) is 0 Å². The molecule has 0 aliphatic carbocycles. The highest BCUT2D eigenvalue weighted by Crippen LogP contribution is 2.24. The minimum absolute atomic E-state index is 0.142. The molecule has 0 heterocycles. The molecule has 0 fully saturated rings. The van der Waals surface area contributed by atoms with Crippen molar-refractivity contribution in [3.8, 4) is 0 Å². The minimum Gasteiger partial charge on any atom is -0.326 e. The third-order valence-electron chi connectivity index (χ3n) is 3.20. The number of nitrogens with two attached hydrogens (primary N) is 1. The average Bonchev–Trinajstić information content (AvgIpc) is 2.30. The van der Waals surface area contributed by atoms with E-state index in [9.17, 15) is 8.78 Å².